The number of carbonyl (C=O) groups excluding carboxylic acids is 2. The molecule has 0 spiro atoms. The molecule has 5 rings (SSSR count). The molecule has 6 heteroatoms. The molecular weight excluding hydrogens is 404 g/mol. The van der Waals surface area contributed by atoms with Gasteiger partial charge >= 0.3 is 0 Å². The van der Waals surface area contributed by atoms with E-state index >= 15 is 0 Å². The van der Waals surface area contributed by atoms with Gasteiger partial charge in [-0.3, -0.25) is 9.59 Å². The van der Waals surface area contributed by atoms with E-state index in [9.17, 15) is 19.8 Å². The first-order chi connectivity index (χ1) is 15.4. The standard InChI is InChI=1S/C26H20N2O4/c1-27-23(17-5-3-15(4-6-17)16-7-11-19(29)12-8-16)21-22(26(27)32)24(28(2)25(21)31)18-9-13-20(30)14-10-18/h3-14,29-30H,1-2H3. The number of hydrogen-bond donors (Lipinski definition) is 2. The molecular formula is C26H20N2O4. The molecule has 3 aromatic rings. The molecule has 2 N–H and O–H groups in total. The third-order valence-corrected chi connectivity index (χ3v) is 5.93. The van der Waals surface area contributed by atoms with Gasteiger partial charge in [0.05, 0.1) is 22.5 Å². The average Bonchev–Trinajstić information content (AvgIpc) is 3.20. The Morgan fingerprint density at radius 2 is 0.781 bits per heavy atom. The van der Waals surface area contributed by atoms with Crippen LogP contribution >= 0.6 is 0 Å². The number of aromatic hydroxyl groups is 2. The molecule has 2 aliphatic rings. The number of nitrogens with zero attached hydrogens (tertiary/aromatic N) is 2. The number of likely N-dealkylation sites (N-methyl/N-ethyl adjacent to an activating group) is 2. The first-order valence-electron chi connectivity index (χ1n) is 10.1. The molecule has 0 unspecified atom stereocenters. The Kier molecular flexibility index (Phi) is 4.37. The quantitative estimate of drug-likeness (QED) is 0.670. The Balaban J connectivity index is 1.62. The molecule has 0 saturated heterocycles. The zero-order valence-electron chi connectivity index (χ0n) is 17.5. The van der Waals surface area contributed by atoms with Crippen LogP contribution in [0.1, 0.15) is 11.1 Å². The van der Waals surface area contributed by atoms with Crippen LogP contribution in [0, 0.1) is 0 Å². The molecule has 0 aliphatic carbocycles. The molecule has 3 aromatic carbocycles. The number of amides is 2. The smallest absolute Gasteiger partial charge is 0.261 e. The van der Waals surface area contributed by atoms with E-state index in [4.69, 9.17) is 0 Å². The van der Waals surface area contributed by atoms with Crippen LogP contribution in [-0.2, 0) is 9.59 Å². The molecule has 0 radical (unpaired) electrons. The number of phenols is 2. The first kappa shape index (κ1) is 19.6. The molecule has 6 nitrogen and oxygen atoms in total. The van der Waals surface area contributed by atoms with Gasteiger partial charge in [0.15, 0.2) is 0 Å². The molecule has 0 saturated carbocycles. The lowest BCUT2D eigenvalue weighted by Gasteiger charge is -2.20. The van der Waals surface area contributed by atoms with Crippen molar-refractivity contribution in [2.45, 2.75) is 0 Å². The maximum atomic E-state index is 13.2. The van der Waals surface area contributed by atoms with E-state index in [1.165, 1.54) is 21.9 Å². The van der Waals surface area contributed by atoms with Crippen LogP contribution in [0.3, 0.4) is 0 Å². The lowest BCUT2D eigenvalue weighted by Crippen LogP contribution is -2.25. The SMILES string of the molecule is CN1C(=O)C2=C(c3ccc(-c4ccc(O)cc4)cc3)N(C)C(=O)C2=C1c1ccc(O)cc1. The lowest BCUT2D eigenvalue weighted by molar-refractivity contribution is -0.123. The highest BCUT2D eigenvalue weighted by Crippen LogP contribution is 2.45. The summed E-state index contributed by atoms with van der Waals surface area (Å²) < 4.78 is 0. The fourth-order valence-electron chi connectivity index (χ4n) is 4.30. The summed E-state index contributed by atoms with van der Waals surface area (Å²) in [6.45, 7) is 0. The van der Waals surface area contributed by atoms with Crippen molar-refractivity contribution in [1.82, 2.24) is 9.80 Å². The minimum Gasteiger partial charge on any atom is -0.508 e. The predicted molar refractivity (Wildman–Crippen MR) is 121 cm³/mol. The monoisotopic (exact) mass is 424 g/mol. The number of carbonyl (C=O) groups is 2. The summed E-state index contributed by atoms with van der Waals surface area (Å²) in [5.74, 6) is -0.154. The topological polar surface area (TPSA) is 81.1 Å². The Morgan fingerprint density at radius 1 is 0.500 bits per heavy atom. The van der Waals surface area contributed by atoms with Gasteiger partial charge in [-0.25, -0.2) is 0 Å². The normalized spacial score (nSPS) is 15.8. The molecule has 32 heavy (non-hydrogen) atoms. The summed E-state index contributed by atoms with van der Waals surface area (Å²) in [7, 11) is 3.33. The maximum Gasteiger partial charge on any atom is 0.261 e. The minimum atomic E-state index is -0.238. The Bertz CT molecular complexity index is 1320. The van der Waals surface area contributed by atoms with Crippen LogP contribution < -0.4 is 0 Å². The fraction of sp³-hybridized carbons (Fsp3) is 0.0769. The molecule has 0 aromatic heterocycles. The van der Waals surface area contributed by atoms with Crippen LogP contribution in [0.25, 0.3) is 22.5 Å². The summed E-state index contributed by atoms with van der Waals surface area (Å²) in [4.78, 5) is 29.4. The largest absolute Gasteiger partial charge is 0.508 e. The van der Waals surface area contributed by atoms with E-state index in [2.05, 4.69) is 0 Å². The second-order valence-electron chi connectivity index (χ2n) is 7.85. The van der Waals surface area contributed by atoms with E-state index in [1.54, 1.807) is 38.4 Å². The molecule has 0 bridgehead atoms. The molecule has 158 valence electrons. The van der Waals surface area contributed by atoms with Gasteiger partial charge in [0, 0.05) is 14.1 Å². The van der Waals surface area contributed by atoms with Gasteiger partial charge in [0.25, 0.3) is 11.8 Å². The second kappa shape index (κ2) is 7.13. The van der Waals surface area contributed by atoms with E-state index in [0.717, 1.165) is 16.7 Å². The van der Waals surface area contributed by atoms with E-state index in [1.807, 2.05) is 36.4 Å². The zero-order valence-corrected chi connectivity index (χ0v) is 17.5. The van der Waals surface area contributed by atoms with Gasteiger partial charge in [-0.15, -0.1) is 0 Å². The fourth-order valence-corrected chi connectivity index (χ4v) is 4.30. The summed E-state index contributed by atoms with van der Waals surface area (Å²) in [5, 5.41) is 19.1. The molecule has 2 amide bonds. The van der Waals surface area contributed by atoms with Gasteiger partial charge < -0.3 is 20.0 Å². The van der Waals surface area contributed by atoms with Crippen molar-refractivity contribution in [2.24, 2.45) is 0 Å². The van der Waals surface area contributed by atoms with Crippen LogP contribution in [0.4, 0.5) is 0 Å². The maximum absolute atomic E-state index is 13.2. The Hall–Kier alpha value is -4.32. The average molecular weight is 424 g/mol. The van der Waals surface area contributed by atoms with Crippen molar-refractivity contribution in [3.63, 3.8) is 0 Å². The highest BCUT2D eigenvalue weighted by Gasteiger charge is 2.46. The number of fused-ring (bicyclic) bond motifs is 1. The molecule has 0 atom stereocenters. The van der Waals surface area contributed by atoms with Crippen LogP contribution in [0.15, 0.2) is 83.9 Å². The van der Waals surface area contributed by atoms with E-state index in [-0.39, 0.29) is 23.3 Å². The van der Waals surface area contributed by atoms with Gasteiger partial charge in [0.2, 0.25) is 0 Å². The summed E-state index contributed by atoms with van der Waals surface area (Å²) in [5.41, 5.74) is 5.25. The third kappa shape index (κ3) is 2.88. The predicted octanol–water partition coefficient (Wildman–Crippen LogP) is 3.83. The summed E-state index contributed by atoms with van der Waals surface area (Å²) in [6.07, 6.45) is 0. The van der Waals surface area contributed by atoms with Crippen LogP contribution in [-0.4, -0.2) is 45.9 Å². The molecule has 0 fully saturated rings. The number of benzene rings is 3. The van der Waals surface area contributed by atoms with Crippen LogP contribution in [0.5, 0.6) is 11.5 Å². The van der Waals surface area contributed by atoms with Crippen molar-refractivity contribution < 1.29 is 19.8 Å². The third-order valence-electron chi connectivity index (χ3n) is 5.93. The highest BCUT2D eigenvalue weighted by atomic mass is 16.3. The van der Waals surface area contributed by atoms with Crippen molar-refractivity contribution in [1.29, 1.82) is 0 Å². The van der Waals surface area contributed by atoms with Crippen LogP contribution in [0.2, 0.25) is 0 Å². The highest BCUT2D eigenvalue weighted by molar-refractivity contribution is 6.30. The minimum absolute atomic E-state index is 0.117. The van der Waals surface area contributed by atoms with Crippen molar-refractivity contribution in [3.8, 4) is 22.6 Å². The van der Waals surface area contributed by atoms with Crippen molar-refractivity contribution in [2.75, 3.05) is 14.1 Å². The zero-order chi connectivity index (χ0) is 22.6. The van der Waals surface area contributed by atoms with Crippen molar-refractivity contribution in [3.05, 3.63) is 95.1 Å². The molecule has 2 aliphatic heterocycles. The van der Waals surface area contributed by atoms with E-state index in [0.29, 0.717) is 28.1 Å². The summed E-state index contributed by atoms with van der Waals surface area (Å²) in [6, 6.07) is 21.0. The van der Waals surface area contributed by atoms with Gasteiger partial charge in [-0.1, -0.05) is 36.4 Å². The molecule has 2 heterocycles. The number of hydrogen-bond acceptors (Lipinski definition) is 4. The second-order valence-corrected chi connectivity index (χ2v) is 7.85. The first-order valence-corrected chi connectivity index (χ1v) is 10.1. The van der Waals surface area contributed by atoms with E-state index < -0.39 is 0 Å². The number of phenolic OH excluding ortho intramolecular Hbond substituents is 2. The van der Waals surface area contributed by atoms with Crippen molar-refractivity contribution >= 4 is 23.2 Å². The summed E-state index contributed by atoms with van der Waals surface area (Å²) >= 11 is 0. The Morgan fingerprint density at radius 3 is 1.16 bits per heavy atom. The van der Waals surface area contributed by atoms with Gasteiger partial charge in [-0.2, -0.15) is 0 Å². The Labute approximate surface area is 185 Å². The lowest BCUT2D eigenvalue weighted by atomic mass is 9.99. The number of rotatable bonds is 3. The van der Waals surface area contributed by atoms with Gasteiger partial charge in [0.1, 0.15) is 11.5 Å². The van der Waals surface area contributed by atoms with Gasteiger partial charge in [-0.05, 0) is 58.7 Å².